The Morgan fingerprint density at radius 1 is 1.08 bits per heavy atom. The molecule has 0 saturated heterocycles. The molecule has 3 aromatic heterocycles. The molecule has 3 heterocycles. The maximum absolute atomic E-state index is 13.7. The number of ether oxygens (including phenoxy) is 4. The highest BCUT2D eigenvalue weighted by molar-refractivity contribution is 7.17. The van der Waals surface area contributed by atoms with Gasteiger partial charge in [-0.3, -0.25) is 9.36 Å². The van der Waals surface area contributed by atoms with E-state index >= 15 is 0 Å². The van der Waals surface area contributed by atoms with Gasteiger partial charge in [0.2, 0.25) is 11.6 Å². The SMILES string of the molecule is CCCCOc1c(C(=O)OCC)c2sccc2n(Cc2ccc3nc(OC(=O)OC(C)(C)C)ccc3c2)c1=O. The van der Waals surface area contributed by atoms with Gasteiger partial charge in [-0.1, -0.05) is 19.4 Å². The first-order valence-corrected chi connectivity index (χ1v) is 13.7. The van der Waals surface area contributed by atoms with E-state index in [-0.39, 0.29) is 35.9 Å². The average molecular weight is 553 g/mol. The van der Waals surface area contributed by atoms with Gasteiger partial charge in [0.05, 0.1) is 35.5 Å². The minimum Gasteiger partial charge on any atom is -0.487 e. The number of hydrogen-bond acceptors (Lipinski definition) is 9. The Balaban J connectivity index is 1.68. The van der Waals surface area contributed by atoms with Crippen LogP contribution in [0.25, 0.3) is 21.1 Å². The Morgan fingerprint density at radius 2 is 1.87 bits per heavy atom. The molecule has 0 amide bonds. The minimum atomic E-state index is -0.826. The van der Waals surface area contributed by atoms with Crippen molar-refractivity contribution in [3.05, 3.63) is 63.3 Å². The molecule has 0 fully saturated rings. The molecule has 9 nitrogen and oxygen atoms in total. The predicted molar refractivity (Wildman–Crippen MR) is 150 cm³/mol. The smallest absolute Gasteiger partial charge is 0.487 e. The lowest BCUT2D eigenvalue weighted by molar-refractivity contribution is 0.0197. The number of benzene rings is 1. The van der Waals surface area contributed by atoms with Crippen LogP contribution in [0.5, 0.6) is 11.6 Å². The largest absolute Gasteiger partial charge is 0.515 e. The molecule has 0 N–H and O–H groups in total. The van der Waals surface area contributed by atoms with Crippen LogP contribution < -0.4 is 15.0 Å². The number of rotatable bonds is 9. The lowest BCUT2D eigenvalue weighted by atomic mass is 10.1. The van der Waals surface area contributed by atoms with Crippen molar-refractivity contribution in [3.8, 4) is 11.6 Å². The van der Waals surface area contributed by atoms with Crippen molar-refractivity contribution in [2.24, 2.45) is 0 Å². The van der Waals surface area contributed by atoms with Crippen LogP contribution in [-0.4, -0.2) is 40.5 Å². The molecule has 0 saturated carbocycles. The Bertz CT molecular complexity index is 1570. The topological polar surface area (TPSA) is 106 Å². The van der Waals surface area contributed by atoms with Crippen molar-refractivity contribution >= 4 is 44.6 Å². The Kier molecular flexibility index (Phi) is 8.54. The Labute approximate surface area is 230 Å². The number of carbonyl (C=O) groups excluding carboxylic acids is 2. The van der Waals surface area contributed by atoms with Crippen LogP contribution in [-0.2, 0) is 16.0 Å². The van der Waals surface area contributed by atoms with Gasteiger partial charge in [0.15, 0.2) is 0 Å². The Morgan fingerprint density at radius 3 is 2.59 bits per heavy atom. The Hall–Kier alpha value is -3.92. The van der Waals surface area contributed by atoms with Gasteiger partial charge in [0.25, 0.3) is 5.56 Å². The molecule has 0 unspecified atom stereocenters. The van der Waals surface area contributed by atoms with E-state index < -0.39 is 17.7 Å². The number of nitrogens with zero attached hydrogens (tertiary/aromatic N) is 2. The quantitative estimate of drug-likeness (QED) is 0.175. The van der Waals surface area contributed by atoms with E-state index in [0.29, 0.717) is 22.3 Å². The van der Waals surface area contributed by atoms with Gasteiger partial charge in [-0.15, -0.1) is 11.3 Å². The first-order chi connectivity index (χ1) is 18.6. The summed E-state index contributed by atoms with van der Waals surface area (Å²) in [5.74, 6) is -0.422. The number of fused-ring (bicyclic) bond motifs is 2. The van der Waals surface area contributed by atoms with Crippen LogP contribution in [0, 0.1) is 0 Å². The first kappa shape index (κ1) is 28.1. The van der Waals surface area contributed by atoms with Crippen molar-refractivity contribution in [2.75, 3.05) is 13.2 Å². The molecule has 0 spiro atoms. The molecule has 4 aromatic rings. The van der Waals surface area contributed by atoms with Gasteiger partial charge in [-0.05, 0) is 69.3 Å². The second-order valence-corrected chi connectivity index (χ2v) is 10.8. The zero-order valence-electron chi connectivity index (χ0n) is 22.7. The number of pyridine rings is 2. The summed E-state index contributed by atoms with van der Waals surface area (Å²) in [6.45, 7) is 9.78. The summed E-state index contributed by atoms with van der Waals surface area (Å²) in [6.07, 6.45) is 0.815. The number of carbonyl (C=O) groups is 2. The number of unbranched alkanes of at least 4 members (excludes halogenated alkanes) is 1. The summed E-state index contributed by atoms with van der Waals surface area (Å²) >= 11 is 1.36. The van der Waals surface area contributed by atoms with Gasteiger partial charge in [0, 0.05) is 11.5 Å². The van der Waals surface area contributed by atoms with E-state index in [2.05, 4.69) is 4.98 Å². The monoisotopic (exact) mass is 552 g/mol. The third kappa shape index (κ3) is 6.57. The van der Waals surface area contributed by atoms with Crippen molar-refractivity contribution in [1.82, 2.24) is 9.55 Å². The number of esters is 1. The molecule has 0 aliphatic heterocycles. The summed E-state index contributed by atoms with van der Waals surface area (Å²) in [5.41, 5.74) is 1.22. The average Bonchev–Trinajstić information content (AvgIpc) is 3.34. The van der Waals surface area contributed by atoms with E-state index in [1.807, 2.05) is 30.5 Å². The number of hydrogen-bond donors (Lipinski definition) is 0. The molecular weight excluding hydrogens is 520 g/mol. The number of aromatic nitrogens is 2. The van der Waals surface area contributed by atoms with Gasteiger partial charge < -0.3 is 18.9 Å². The zero-order chi connectivity index (χ0) is 28.2. The molecule has 0 aliphatic rings. The minimum absolute atomic E-state index is 0.0169. The summed E-state index contributed by atoms with van der Waals surface area (Å²) in [5, 5.41) is 2.65. The van der Waals surface area contributed by atoms with E-state index in [9.17, 15) is 14.4 Å². The fourth-order valence-electron chi connectivity index (χ4n) is 3.99. The lowest BCUT2D eigenvalue weighted by Gasteiger charge is -2.18. The maximum atomic E-state index is 13.7. The predicted octanol–water partition coefficient (Wildman–Crippen LogP) is 6.33. The second-order valence-electron chi connectivity index (χ2n) is 9.90. The van der Waals surface area contributed by atoms with E-state index in [1.165, 1.54) is 11.3 Å². The fraction of sp³-hybridized carbons (Fsp3) is 0.379. The maximum Gasteiger partial charge on any atom is 0.515 e. The molecule has 4 rings (SSSR count). The van der Waals surface area contributed by atoms with Gasteiger partial charge in [0.1, 0.15) is 11.2 Å². The van der Waals surface area contributed by atoms with Crippen LogP contribution >= 0.6 is 11.3 Å². The third-order valence-electron chi connectivity index (χ3n) is 5.70. The third-order valence-corrected chi connectivity index (χ3v) is 6.62. The van der Waals surface area contributed by atoms with E-state index in [4.69, 9.17) is 18.9 Å². The van der Waals surface area contributed by atoms with Crippen molar-refractivity contribution in [2.45, 2.75) is 59.6 Å². The highest BCUT2D eigenvalue weighted by Crippen LogP contribution is 2.31. The van der Waals surface area contributed by atoms with Crippen LogP contribution in [0.1, 0.15) is 63.4 Å². The highest BCUT2D eigenvalue weighted by Gasteiger charge is 2.26. The van der Waals surface area contributed by atoms with Crippen LogP contribution in [0.2, 0.25) is 0 Å². The molecule has 0 aliphatic carbocycles. The standard InChI is InChI=1S/C29H32N2O7S/c1-6-8-14-36-24-23(27(33)35-7-2)25-21(13-15-39-25)31(26(24)32)17-18-9-11-20-19(16-18)10-12-22(30-20)37-28(34)38-29(3,4)5/h9-13,15-16H,6-8,14,17H2,1-5H3. The van der Waals surface area contributed by atoms with E-state index in [1.54, 1.807) is 50.5 Å². The molecule has 39 heavy (non-hydrogen) atoms. The van der Waals surface area contributed by atoms with Crippen molar-refractivity contribution in [3.63, 3.8) is 0 Å². The van der Waals surface area contributed by atoms with Crippen LogP contribution in [0.4, 0.5) is 4.79 Å². The molecule has 206 valence electrons. The van der Waals surface area contributed by atoms with Crippen LogP contribution in [0.15, 0.2) is 46.6 Å². The van der Waals surface area contributed by atoms with Gasteiger partial charge in [-0.2, -0.15) is 0 Å². The molecular formula is C29H32N2O7S. The van der Waals surface area contributed by atoms with Crippen molar-refractivity contribution < 1.29 is 28.5 Å². The van der Waals surface area contributed by atoms with Crippen molar-refractivity contribution in [1.29, 1.82) is 0 Å². The fourth-order valence-corrected chi connectivity index (χ4v) is 4.92. The summed E-state index contributed by atoms with van der Waals surface area (Å²) in [7, 11) is 0. The molecule has 10 heteroatoms. The highest BCUT2D eigenvalue weighted by atomic mass is 32.1. The summed E-state index contributed by atoms with van der Waals surface area (Å²) in [4.78, 5) is 42.9. The van der Waals surface area contributed by atoms with Crippen LogP contribution in [0.3, 0.4) is 0 Å². The summed E-state index contributed by atoms with van der Waals surface area (Å²) < 4.78 is 23.8. The molecule has 0 atom stereocenters. The normalized spacial score (nSPS) is 11.5. The van der Waals surface area contributed by atoms with Gasteiger partial charge >= 0.3 is 12.1 Å². The summed E-state index contributed by atoms with van der Waals surface area (Å²) in [6, 6.07) is 10.8. The number of thiophene rings is 1. The lowest BCUT2D eigenvalue weighted by Crippen LogP contribution is -2.26. The first-order valence-electron chi connectivity index (χ1n) is 12.9. The second kappa shape index (κ2) is 11.9. The van der Waals surface area contributed by atoms with E-state index in [0.717, 1.165) is 23.8 Å². The zero-order valence-corrected chi connectivity index (χ0v) is 23.6. The molecule has 0 bridgehead atoms. The van der Waals surface area contributed by atoms with Gasteiger partial charge in [-0.25, -0.2) is 14.6 Å². The molecule has 1 aromatic carbocycles. The molecule has 0 radical (unpaired) electrons.